The van der Waals surface area contributed by atoms with Crippen molar-refractivity contribution in [3.8, 4) is 18.2 Å². The third-order valence-electron chi connectivity index (χ3n) is 6.76. The van der Waals surface area contributed by atoms with Gasteiger partial charge in [-0.1, -0.05) is 18.2 Å². The first-order valence-corrected chi connectivity index (χ1v) is 11.6. The highest BCUT2D eigenvalue weighted by Crippen LogP contribution is 2.55. The molecule has 10 heteroatoms. The molecule has 42 heavy (non-hydrogen) atoms. The van der Waals surface area contributed by atoms with Gasteiger partial charge in [0.1, 0.15) is 6.07 Å². The van der Waals surface area contributed by atoms with Gasteiger partial charge < -0.3 is 0 Å². The van der Waals surface area contributed by atoms with Gasteiger partial charge in [0.15, 0.2) is 23.3 Å². The van der Waals surface area contributed by atoms with Crippen LogP contribution in [-0.2, 0) is 0 Å². The number of rotatable bonds is 2. The fourth-order valence-electron chi connectivity index (χ4n) is 5.07. The molecule has 0 N–H and O–H groups in total. The van der Waals surface area contributed by atoms with Gasteiger partial charge in [-0.2, -0.15) is 5.26 Å². The second kappa shape index (κ2) is 10.1. The lowest BCUT2D eigenvalue weighted by molar-refractivity contribution is 0.508. The third-order valence-corrected chi connectivity index (χ3v) is 6.76. The zero-order valence-corrected chi connectivity index (χ0v) is 20.8. The maximum Gasteiger partial charge on any atom is 0.270 e. The van der Waals surface area contributed by atoms with Crippen molar-refractivity contribution in [2.45, 2.75) is 0 Å². The van der Waals surface area contributed by atoms with E-state index in [1.807, 2.05) is 6.07 Å². The molecule has 2 aliphatic rings. The largest absolute Gasteiger partial charge is 0.270 e. The monoisotopic (exact) mass is 552 g/mol. The molecule has 0 unspecified atom stereocenters. The average molecular weight is 552 g/mol. The van der Waals surface area contributed by atoms with Crippen molar-refractivity contribution in [3.05, 3.63) is 151 Å². The highest BCUT2D eigenvalue weighted by Gasteiger charge is 2.37. The Morgan fingerprint density at radius 2 is 1.07 bits per heavy atom. The Labute approximate surface area is 236 Å². The molecule has 0 atom stereocenters. The molecule has 0 bridgehead atoms. The Hall–Kier alpha value is -6.72. The van der Waals surface area contributed by atoms with E-state index in [2.05, 4.69) is 14.5 Å². The molecule has 0 amide bonds. The predicted molar refractivity (Wildman–Crippen MR) is 143 cm³/mol. The molecular weight excluding hydrogens is 544 g/mol. The summed E-state index contributed by atoms with van der Waals surface area (Å²) in [4.78, 5) is 10.1. The molecule has 6 nitrogen and oxygen atoms in total. The topological polar surface area (TPSA) is 84.5 Å². The van der Waals surface area contributed by atoms with Crippen LogP contribution in [0.4, 0.5) is 17.6 Å². The molecule has 0 saturated carbocycles. The van der Waals surface area contributed by atoms with Crippen LogP contribution in [0.1, 0.15) is 33.4 Å². The van der Waals surface area contributed by atoms with E-state index in [9.17, 15) is 33.3 Å². The van der Waals surface area contributed by atoms with E-state index < -0.39 is 34.7 Å². The van der Waals surface area contributed by atoms with Crippen molar-refractivity contribution in [1.29, 1.82) is 15.8 Å². The fourth-order valence-corrected chi connectivity index (χ4v) is 5.07. The van der Waals surface area contributed by atoms with Crippen LogP contribution >= 0.6 is 0 Å². The van der Waals surface area contributed by atoms with Crippen LogP contribution in [-0.4, -0.2) is 0 Å². The van der Waals surface area contributed by atoms with Crippen LogP contribution in [0.5, 0.6) is 0 Å². The van der Waals surface area contributed by atoms with Gasteiger partial charge in [-0.15, -0.1) is 0 Å². The molecule has 0 spiro atoms. The molecule has 0 aromatic heterocycles. The van der Waals surface area contributed by atoms with E-state index in [1.165, 1.54) is 24.3 Å². The van der Waals surface area contributed by atoms with Crippen LogP contribution < -0.4 is 0 Å². The number of hydrogen-bond donors (Lipinski definition) is 0. The number of halogens is 4. The van der Waals surface area contributed by atoms with Crippen molar-refractivity contribution in [3.63, 3.8) is 0 Å². The van der Waals surface area contributed by atoms with Crippen molar-refractivity contribution in [2.75, 3.05) is 0 Å². The summed E-state index contributed by atoms with van der Waals surface area (Å²) in [5.74, 6) is -4.76. The SMILES string of the molecule is [C-]#[N+]C1=C(c2ccc(F)c(F)c2)/C(=C(/C#N)[N+]#[C-])c2cc3c(cc21)C(C#N)=C(c1ccc(F)c(F)c1)/C3=C(\C#N)[N+]#[C-]. The predicted octanol–water partition coefficient (Wildman–Crippen LogP) is 7.80. The summed E-state index contributed by atoms with van der Waals surface area (Å²) in [6.45, 7) is 23.1. The summed E-state index contributed by atoms with van der Waals surface area (Å²) in [6.07, 6.45) is 0. The van der Waals surface area contributed by atoms with Gasteiger partial charge in [0.25, 0.3) is 11.4 Å². The number of benzene rings is 3. The number of hydrogen-bond acceptors (Lipinski definition) is 3. The molecule has 0 heterocycles. The van der Waals surface area contributed by atoms with Gasteiger partial charge in [-0.05, 0) is 80.4 Å². The smallest absolute Gasteiger partial charge is 0.237 e. The Kier molecular flexibility index (Phi) is 6.47. The van der Waals surface area contributed by atoms with Gasteiger partial charge in [-0.25, -0.2) is 42.6 Å². The van der Waals surface area contributed by atoms with E-state index in [0.717, 1.165) is 24.3 Å². The second-order valence-corrected chi connectivity index (χ2v) is 8.79. The Morgan fingerprint density at radius 1 is 0.595 bits per heavy atom. The van der Waals surface area contributed by atoms with Crippen molar-refractivity contribution >= 4 is 33.6 Å². The van der Waals surface area contributed by atoms with Gasteiger partial charge in [-0.3, -0.25) is 0 Å². The van der Waals surface area contributed by atoms with Gasteiger partial charge >= 0.3 is 0 Å². The molecule has 0 fully saturated rings. The Bertz CT molecular complexity index is 2010. The molecule has 3 aromatic rings. The van der Waals surface area contributed by atoms with Gasteiger partial charge in [0.2, 0.25) is 5.70 Å². The van der Waals surface area contributed by atoms with Crippen LogP contribution in [0.25, 0.3) is 48.1 Å². The summed E-state index contributed by atoms with van der Waals surface area (Å²) in [7, 11) is 0. The van der Waals surface area contributed by atoms with Crippen LogP contribution in [0.15, 0.2) is 59.9 Å². The van der Waals surface area contributed by atoms with E-state index in [0.29, 0.717) is 0 Å². The zero-order valence-electron chi connectivity index (χ0n) is 20.8. The Balaban J connectivity index is 1.94. The lowest BCUT2D eigenvalue weighted by atomic mass is 9.91. The maximum atomic E-state index is 14.3. The minimum atomic E-state index is -1.23. The molecule has 3 aromatic carbocycles. The highest BCUT2D eigenvalue weighted by molar-refractivity contribution is 6.29. The first-order valence-electron chi connectivity index (χ1n) is 11.6. The summed E-state index contributed by atoms with van der Waals surface area (Å²) in [6, 6.07) is 14.0. The lowest BCUT2D eigenvalue weighted by Gasteiger charge is -2.13. The number of nitriles is 3. The highest BCUT2D eigenvalue weighted by atomic mass is 19.2. The average Bonchev–Trinajstić information content (AvgIpc) is 3.48. The maximum absolute atomic E-state index is 14.3. The number of nitrogens with zero attached hydrogens (tertiary/aromatic N) is 6. The number of fused-ring (bicyclic) bond motifs is 2. The zero-order chi connectivity index (χ0) is 30.3. The molecule has 0 radical (unpaired) electrons. The van der Waals surface area contributed by atoms with Crippen molar-refractivity contribution in [1.82, 2.24) is 0 Å². The molecule has 2 aliphatic carbocycles. The van der Waals surface area contributed by atoms with Crippen molar-refractivity contribution < 1.29 is 17.6 Å². The summed E-state index contributed by atoms with van der Waals surface area (Å²) in [5.41, 5.74) is -0.777. The number of allylic oxidation sites excluding steroid dienone is 7. The lowest BCUT2D eigenvalue weighted by Crippen LogP contribution is -1.95. The fraction of sp³-hybridized carbons (Fsp3) is 0. The van der Waals surface area contributed by atoms with Gasteiger partial charge in [0.05, 0.1) is 37.4 Å². The van der Waals surface area contributed by atoms with Crippen LogP contribution in [0, 0.1) is 77.0 Å². The van der Waals surface area contributed by atoms with Crippen LogP contribution in [0.2, 0.25) is 0 Å². The van der Waals surface area contributed by atoms with Crippen molar-refractivity contribution in [2.24, 2.45) is 0 Å². The minimum absolute atomic E-state index is 0.00580. The molecular formula is C32H8F4N6. The van der Waals surface area contributed by atoms with E-state index in [1.54, 1.807) is 12.1 Å². The minimum Gasteiger partial charge on any atom is -0.237 e. The summed E-state index contributed by atoms with van der Waals surface area (Å²) < 4.78 is 56.1. The van der Waals surface area contributed by atoms with E-state index in [4.69, 9.17) is 19.7 Å². The molecule has 0 aliphatic heterocycles. The standard InChI is InChI=1S/C32H8F4N6/c1-40-26(13-38)30-18-11-19-20(10-17(18)21(12-37)28(30)15-4-6-22(33)24(35)8-15)32(42-3)29(31(19)27(14-39)41-2)16-5-7-23(34)25(36)9-16/h4-11H/b30-26+,31-27-. The first-order chi connectivity index (χ1) is 20.2. The molecule has 0 saturated heterocycles. The van der Waals surface area contributed by atoms with E-state index >= 15 is 0 Å². The quantitative estimate of drug-likeness (QED) is 0.185. The molecule has 194 valence electrons. The van der Waals surface area contributed by atoms with Crippen LogP contribution in [0.3, 0.4) is 0 Å². The molecule has 5 rings (SSSR count). The Morgan fingerprint density at radius 3 is 1.52 bits per heavy atom. The summed E-state index contributed by atoms with van der Waals surface area (Å²) >= 11 is 0. The van der Waals surface area contributed by atoms with E-state index in [-0.39, 0.29) is 66.9 Å². The normalized spacial score (nSPS) is 15.4. The summed E-state index contributed by atoms with van der Waals surface area (Å²) in [5, 5.41) is 29.8. The first kappa shape index (κ1) is 26.9. The third kappa shape index (κ3) is 3.82. The van der Waals surface area contributed by atoms with Gasteiger partial charge in [0, 0.05) is 5.57 Å². The second-order valence-electron chi connectivity index (χ2n) is 8.79.